The number of hydrogen-bond donors (Lipinski definition) is 1. The van der Waals surface area contributed by atoms with Gasteiger partial charge in [0.2, 0.25) is 15.9 Å². The molecule has 0 bridgehead atoms. The first-order valence-electron chi connectivity index (χ1n) is 8.44. The molecule has 0 aliphatic carbocycles. The van der Waals surface area contributed by atoms with Gasteiger partial charge in [0.25, 0.3) is 0 Å². The average molecular weight is 404 g/mol. The van der Waals surface area contributed by atoms with Crippen LogP contribution in [-0.2, 0) is 19.6 Å². The van der Waals surface area contributed by atoms with Crippen molar-refractivity contribution in [2.45, 2.75) is 43.9 Å². The van der Waals surface area contributed by atoms with Crippen molar-refractivity contribution in [1.82, 2.24) is 9.21 Å². The Labute approximate surface area is 160 Å². The number of morpholine rings is 1. The number of rotatable bonds is 5. The van der Waals surface area contributed by atoms with Crippen LogP contribution in [0.5, 0.6) is 0 Å². The van der Waals surface area contributed by atoms with Crippen molar-refractivity contribution in [3.63, 3.8) is 0 Å². The number of carbonyl (C=O) groups is 1. The van der Waals surface area contributed by atoms with Crippen LogP contribution in [0.2, 0.25) is 5.02 Å². The van der Waals surface area contributed by atoms with E-state index in [1.807, 2.05) is 20.8 Å². The highest BCUT2D eigenvalue weighted by Crippen LogP contribution is 2.27. The Morgan fingerprint density at radius 3 is 2.42 bits per heavy atom. The summed E-state index contributed by atoms with van der Waals surface area (Å²) in [5, 5.41) is 2.90. The number of anilines is 1. The number of benzene rings is 1. The van der Waals surface area contributed by atoms with Crippen molar-refractivity contribution < 1.29 is 17.9 Å². The van der Waals surface area contributed by atoms with Crippen molar-refractivity contribution in [3.05, 3.63) is 23.2 Å². The predicted molar refractivity (Wildman–Crippen MR) is 102 cm³/mol. The Morgan fingerprint density at radius 1 is 1.31 bits per heavy atom. The maximum atomic E-state index is 12.6. The Bertz CT molecular complexity index is 759. The second-order valence-electron chi connectivity index (χ2n) is 6.81. The summed E-state index contributed by atoms with van der Waals surface area (Å²) in [6, 6.07) is 4.07. The van der Waals surface area contributed by atoms with E-state index >= 15 is 0 Å². The summed E-state index contributed by atoms with van der Waals surface area (Å²) in [4.78, 5) is 14.6. The molecule has 1 aliphatic heterocycles. The highest BCUT2D eigenvalue weighted by Gasteiger charge is 2.29. The molecule has 1 aromatic carbocycles. The molecule has 1 heterocycles. The number of ether oxygens (including phenoxy) is 1. The molecule has 0 radical (unpaired) electrons. The summed E-state index contributed by atoms with van der Waals surface area (Å²) in [7, 11) is -0.837. The van der Waals surface area contributed by atoms with Gasteiger partial charge in [0.1, 0.15) is 4.90 Å². The van der Waals surface area contributed by atoms with Crippen molar-refractivity contribution >= 4 is 33.2 Å². The Kier molecular flexibility index (Phi) is 6.68. The number of nitrogens with zero attached hydrogens (tertiary/aromatic N) is 2. The Balaban J connectivity index is 2.16. The van der Waals surface area contributed by atoms with Gasteiger partial charge in [-0.2, -0.15) is 0 Å². The van der Waals surface area contributed by atoms with Crippen LogP contribution in [0.15, 0.2) is 23.1 Å². The summed E-state index contributed by atoms with van der Waals surface area (Å²) in [5.74, 6) is -0.207. The molecule has 146 valence electrons. The molecule has 0 saturated carbocycles. The van der Waals surface area contributed by atoms with E-state index in [0.29, 0.717) is 18.8 Å². The van der Waals surface area contributed by atoms with Gasteiger partial charge in [-0.1, -0.05) is 11.6 Å². The van der Waals surface area contributed by atoms with Gasteiger partial charge in [0.05, 0.1) is 23.3 Å². The van der Waals surface area contributed by atoms with Crippen LogP contribution < -0.4 is 5.32 Å². The maximum absolute atomic E-state index is 12.6. The van der Waals surface area contributed by atoms with Crippen LogP contribution in [0, 0.1) is 0 Å². The molecule has 1 aromatic rings. The highest BCUT2D eigenvalue weighted by molar-refractivity contribution is 7.89. The summed E-state index contributed by atoms with van der Waals surface area (Å²) in [6.45, 7) is 7.11. The number of carbonyl (C=O) groups excluding carboxylic acids is 1. The summed E-state index contributed by atoms with van der Waals surface area (Å²) < 4.78 is 31.5. The van der Waals surface area contributed by atoms with Gasteiger partial charge in [0.15, 0.2) is 0 Å². The molecule has 26 heavy (non-hydrogen) atoms. The van der Waals surface area contributed by atoms with E-state index in [1.165, 1.54) is 26.2 Å². The molecule has 1 saturated heterocycles. The van der Waals surface area contributed by atoms with Gasteiger partial charge in [-0.3, -0.25) is 9.69 Å². The topological polar surface area (TPSA) is 79.0 Å². The van der Waals surface area contributed by atoms with Crippen molar-refractivity contribution in [2.24, 2.45) is 0 Å². The van der Waals surface area contributed by atoms with Crippen molar-refractivity contribution in [3.8, 4) is 0 Å². The lowest BCUT2D eigenvalue weighted by molar-refractivity contribution is -0.126. The predicted octanol–water partition coefficient (Wildman–Crippen LogP) is 2.03. The van der Waals surface area contributed by atoms with Crippen molar-refractivity contribution in [2.75, 3.05) is 32.5 Å². The minimum Gasteiger partial charge on any atom is -0.373 e. The van der Waals surface area contributed by atoms with Crippen LogP contribution >= 0.6 is 11.6 Å². The fourth-order valence-corrected chi connectivity index (χ4v) is 4.32. The molecule has 0 unspecified atom stereocenters. The maximum Gasteiger partial charge on any atom is 0.244 e. The van der Waals surface area contributed by atoms with E-state index in [4.69, 9.17) is 16.3 Å². The molecular weight excluding hydrogens is 378 g/mol. The highest BCUT2D eigenvalue weighted by atomic mass is 35.5. The first-order chi connectivity index (χ1) is 12.0. The molecule has 2 rings (SSSR count). The number of amides is 1. The first-order valence-corrected chi connectivity index (χ1v) is 10.3. The van der Waals surface area contributed by atoms with Gasteiger partial charge in [-0.15, -0.1) is 0 Å². The molecule has 1 N–H and O–H groups in total. The van der Waals surface area contributed by atoms with Crippen LogP contribution in [0.3, 0.4) is 0 Å². The Hall–Kier alpha value is -1.19. The molecule has 1 fully saturated rings. The first kappa shape index (κ1) is 21.1. The fraction of sp³-hybridized carbons (Fsp3) is 0.588. The number of hydrogen-bond acceptors (Lipinski definition) is 5. The molecule has 7 nitrogen and oxygen atoms in total. The van der Waals surface area contributed by atoms with Crippen molar-refractivity contribution in [1.29, 1.82) is 0 Å². The molecule has 9 heteroatoms. The van der Waals surface area contributed by atoms with E-state index in [9.17, 15) is 13.2 Å². The minimum atomic E-state index is -3.70. The SMILES string of the molecule is C[C@H]1CN([C@@H](C)C(=O)Nc2ccc(Cl)c(S(=O)(=O)N(C)C)c2)C[C@H](C)O1. The summed E-state index contributed by atoms with van der Waals surface area (Å²) in [6.07, 6.45) is 0.114. The molecule has 0 spiro atoms. The molecule has 1 amide bonds. The van der Waals surface area contributed by atoms with Gasteiger partial charge >= 0.3 is 0 Å². The van der Waals surface area contributed by atoms with Gasteiger partial charge in [-0.25, -0.2) is 12.7 Å². The van der Waals surface area contributed by atoms with Crippen LogP contribution in [-0.4, -0.2) is 69.0 Å². The smallest absolute Gasteiger partial charge is 0.244 e. The number of sulfonamides is 1. The van der Waals surface area contributed by atoms with Gasteiger partial charge < -0.3 is 10.1 Å². The standard InChI is InChI=1S/C17H26ClN3O4S/c1-11-9-21(10-12(2)25-11)13(3)17(22)19-14-6-7-15(18)16(8-14)26(23,24)20(4)5/h6-8,11-13H,9-10H2,1-5H3,(H,19,22)/t11-,12-,13-/m0/s1. The Morgan fingerprint density at radius 2 is 1.88 bits per heavy atom. The zero-order chi connectivity index (χ0) is 19.6. The average Bonchev–Trinajstić information content (AvgIpc) is 2.54. The minimum absolute atomic E-state index is 0.0387. The zero-order valence-electron chi connectivity index (χ0n) is 15.7. The molecular formula is C17H26ClN3O4S. The normalized spacial score (nSPS) is 23.0. The lowest BCUT2D eigenvalue weighted by atomic mass is 10.1. The molecule has 1 aliphatic rings. The lowest BCUT2D eigenvalue weighted by Gasteiger charge is -2.38. The van der Waals surface area contributed by atoms with Crippen LogP contribution in [0.1, 0.15) is 20.8 Å². The van der Waals surface area contributed by atoms with E-state index in [1.54, 1.807) is 6.07 Å². The van der Waals surface area contributed by atoms with E-state index in [2.05, 4.69) is 10.2 Å². The second-order valence-corrected chi connectivity index (χ2v) is 9.34. The van der Waals surface area contributed by atoms with Crippen LogP contribution in [0.4, 0.5) is 5.69 Å². The third kappa shape index (κ3) is 4.75. The monoisotopic (exact) mass is 403 g/mol. The lowest BCUT2D eigenvalue weighted by Crippen LogP contribution is -2.52. The largest absolute Gasteiger partial charge is 0.373 e. The van der Waals surface area contributed by atoms with Gasteiger partial charge in [0, 0.05) is 32.9 Å². The molecule has 3 atom stereocenters. The fourth-order valence-electron chi connectivity index (χ4n) is 2.92. The summed E-state index contributed by atoms with van der Waals surface area (Å²) >= 11 is 6.04. The zero-order valence-corrected chi connectivity index (χ0v) is 17.3. The number of nitrogens with one attached hydrogen (secondary N) is 1. The third-order valence-electron chi connectivity index (χ3n) is 4.33. The molecule has 0 aromatic heterocycles. The quantitative estimate of drug-likeness (QED) is 0.813. The summed E-state index contributed by atoms with van der Waals surface area (Å²) in [5.41, 5.74) is 0.390. The number of halogens is 1. The van der Waals surface area contributed by atoms with Gasteiger partial charge in [-0.05, 0) is 39.0 Å². The van der Waals surface area contributed by atoms with E-state index < -0.39 is 10.0 Å². The second kappa shape index (κ2) is 8.22. The van der Waals surface area contributed by atoms with E-state index in [-0.39, 0.29) is 34.1 Å². The van der Waals surface area contributed by atoms with Crippen LogP contribution in [0.25, 0.3) is 0 Å². The third-order valence-corrected chi connectivity index (χ3v) is 6.63. The van der Waals surface area contributed by atoms with E-state index in [0.717, 1.165) is 4.31 Å².